The zero-order valence-corrected chi connectivity index (χ0v) is 27.7. The van der Waals surface area contributed by atoms with Crippen LogP contribution in [0.3, 0.4) is 0 Å². The van der Waals surface area contributed by atoms with Gasteiger partial charge in [-0.3, -0.25) is 13.9 Å². The highest BCUT2D eigenvalue weighted by Gasteiger charge is 2.35. The number of carbonyl (C=O) groups is 2. The molecule has 0 aliphatic carbocycles. The van der Waals surface area contributed by atoms with E-state index >= 15 is 0 Å². The number of amides is 2. The summed E-state index contributed by atoms with van der Waals surface area (Å²) >= 11 is 6.16. The van der Waals surface area contributed by atoms with Gasteiger partial charge in [0, 0.05) is 24.0 Å². The molecule has 0 unspecified atom stereocenters. The number of carbonyl (C=O) groups excluding carboxylic acids is 2. The number of hydrogen-bond donors (Lipinski definition) is 1. The van der Waals surface area contributed by atoms with Gasteiger partial charge in [-0.2, -0.15) is 0 Å². The highest BCUT2D eigenvalue weighted by molar-refractivity contribution is 7.92. The molecule has 0 aliphatic heterocycles. The van der Waals surface area contributed by atoms with E-state index in [9.17, 15) is 18.0 Å². The van der Waals surface area contributed by atoms with Crippen LogP contribution in [0.5, 0.6) is 0 Å². The summed E-state index contributed by atoms with van der Waals surface area (Å²) in [5.41, 5.74) is 3.88. The molecule has 2 atom stereocenters. The van der Waals surface area contributed by atoms with Gasteiger partial charge < -0.3 is 10.2 Å². The van der Waals surface area contributed by atoms with Gasteiger partial charge in [0.15, 0.2) is 0 Å². The first-order valence-electron chi connectivity index (χ1n) is 15.0. The van der Waals surface area contributed by atoms with E-state index in [-0.39, 0.29) is 29.8 Å². The number of nitrogens with zero attached hydrogens (tertiary/aromatic N) is 2. The molecule has 0 spiro atoms. The van der Waals surface area contributed by atoms with Crippen LogP contribution in [-0.2, 0) is 32.6 Å². The van der Waals surface area contributed by atoms with Gasteiger partial charge in [0.25, 0.3) is 10.0 Å². The maximum absolute atomic E-state index is 14.5. The van der Waals surface area contributed by atoms with Crippen molar-refractivity contribution < 1.29 is 18.0 Å². The molecule has 0 radical (unpaired) electrons. The quantitative estimate of drug-likeness (QED) is 0.175. The second-order valence-electron chi connectivity index (χ2n) is 11.3. The van der Waals surface area contributed by atoms with Gasteiger partial charge in [0.2, 0.25) is 11.8 Å². The van der Waals surface area contributed by atoms with E-state index in [0.29, 0.717) is 17.1 Å². The molecule has 4 aromatic rings. The van der Waals surface area contributed by atoms with Gasteiger partial charge in [-0.05, 0) is 85.8 Å². The minimum atomic E-state index is -4.15. The predicted molar refractivity (Wildman–Crippen MR) is 181 cm³/mol. The lowest BCUT2D eigenvalue weighted by Crippen LogP contribution is -2.54. The average Bonchev–Trinajstić information content (AvgIpc) is 3.04. The minimum absolute atomic E-state index is 0.0654. The fourth-order valence-corrected chi connectivity index (χ4v) is 6.46. The Balaban J connectivity index is 1.81. The summed E-state index contributed by atoms with van der Waals surface area (Å²) in [4.78, 5) is 30.0. The number of rotatable bonds is 13. The highest BCUT2D eigenvalue weighted by atomic mass is 35.5. The molecule has 236 valence electrons. The largest absolute Gasteiger partial charge is 0.352 e. The Morgan fingerprint density at radius 3 is 2.04 bits per heavy atom. The molecule has 0 aromatic heterocycles. The third-order valence-electron chi connectivity index (χ3n) is 7.93. The Hall–Kier alpha value is -4.14. The van der Waals surface area contributed by atoms with Crippen LogP contribution in [-0.4, -0.2) is 43.8 Å². The lowest BCUT2D eigenvalue weighted by atomic mass is 10.0. The molecule has 0 saturated carbocycles. The number of sulfonamides is 1. The number of hydrogen-bond acceptors (Lipinski definition) is 4. The number of aryl methyl sites for hydroxylation is 2. The normalized spacial score (nSPS) is 12.6. The minimum Gasteiger partial charge on any atom is -0.352 e. The standard InChI is InChI=1S/C36H40ClN3O4S/c1-5-28(4)38-36(42)34(23-29-12-8-6-9-13-29)39(24-30-17-19-31(37)20-18-30)35(41)25-40(32-21-16-26(2)27(3)22-32)45(43,44)33-14-10-7-11-15-33/h6-22,28,34H,5,23-25H2,1-4H3,(H,38,42)/t28-,34-/m1/s1. The molecule has 2 amide bonds. The summed E-state index contributed by atoms with van der Waals surface area (Å²) in [6.07, 6.45) is 0.961. The smallest absolute Gasteiger partial charge is 0.264 e. The SMILES string of the molecule is CC[C@@H](C)NC(=O)[C@@H](Cc1ccccc1)N(Cc1ccc(Cl)cc1)C(=O)CN(c1ccc(C)c(C)c1)S(=O)(=O)c1ccccc1. The lowest BCUT2D eigenvalue weighted by molar-refractivity contribution is -0.140. The van der Waals surface area contributed by atoms with Crippen LogP contribution >= 0.6 is 11.6 Å². The van der Waals surface area contributed by atoms with Crippen molar-refractivity contribution >= 4 is 39.1 Å². The molecule has 9 heteroatoms. The summed E-state index contributed by atoms with van der Waals surface area (Å²) in [5, 5.41) is 3.59. The Bertz CT molecular complexity index is 1700. The van der Waals surface area contributed by atoms with Crippen LogP contribution in [0.2, 0.25) is 5.02 Å². The van der Waals surface area contributed by atoms with Crippen molar-refractivity contribution in [3.05, 3.63) is 130 Å². The summed E-state index contributed by atoms with van der Waals surface area (Å²) < 4.78 is 29.4. The summed E-state index contributed by atoms with van der Waals surface area (Å²) in [7, 11) is -4.15. The summed E-state index contributed by atoms with van der Waals surface area (Å²) in [6.45, 7) is 7.30. The second kappa shape index (κ2) is 15.2. The van der Waals surface area contributed by atoms with Gasteiger partial charge in [-0.25, -0.2) is 8.42 Å². The summed E-state index contributed by atoms with van der Waals surface area (Å²) in [6, 6.07) is 28.9. The van der Waals surface area contributed by atoms with Gasteiger partial charge in [0.1, 0.15) is 12.6 Å². The molecular weight excluding hydrogens is 606 g/mol. The van der Waals surface area contributed by atoms with Crippen molar-refractivity contribution in [2.24, 2.45) is 0 Å². The Morgan fingerprint density at radius 2 is 1.44 bits per heavy atom. The van der Waals surface area contributed by atoms with Crippen LogP contribution in [0, 0.1) is 13.8 Å². The molecule has 0 heterocycles. The van der Waals surface area contributed by atoms with Crippen molar-refractivity contribution in [3.63, 3.8) is 0 Å². The first-order chi connectivity index (χ1) is 21.5. The first-order valence-corrected chi connectivity index (χ1v) is 16.8. The Labute approximate surface area is 271 Å². The molecule has 0 bridgehead atoms. The molecule has 4 aromatic carbocycles. The molecule has 4 rings (SSSR count). The van der Waals surface area contributed by atoms with Crippen LogP contribution < -0.4 is 9.62 Å². The molecule has 1 N–H and O–H groups in total. The number of halogens is 1. The zero-order chi connectivity index (χ0) is 32.6. The van der Waals surface area contributed by atoms with Crippen molar-refractivity contribution in [1.82, 2.24) is 10.2 Å². The van der Waals surface area contributed by atoms with Crippen LogP contribution in [0.25, 0.3) is 0 Å². The maximum Gasteiger partial charge on any atom is 0.264 e. The number of anilines is 1. The van der Waals surface area contributed by atoms with E-state index in [2.05, 4.69) is 5.32 Å². The van der Waals surface area contributed by atoms with E-state index in [1.807, 2.05) is 64.1 Å². The number of benzene rings is 4. The average molecular weight is 646 g/mol. The first kappa shape index (κ1) is 33.7. The predicted octanol–water partition coefficient (Wildman–Crippen LogP) is 6.71. The van der Waals surface area contributed by atoms with Crippen molar-refractivity contribution in [3.8, 4) is 0 Å². The lowest BCUT2D eigenvalue weighted by Gasteiger charge is -2.34. The third-order valence-corrected chi connectivity index (χ3v) is 9.97. The van der Waals surface area contributed by atoms with Crippen LogP contribution in [0.15, 0.2) is 108 Å². The van der Waals surface area contributed by atoms with E-state index in [4.69, 9.17) is 11.6 Å². The second-order valence-corrected chi connectivity index (χ2v) is 13.6. The maximum atomic E-state index is 14.5. The van der Waals surface area contributed by atoms with Crippen LogP contribution in [0.1, 0.15) is 42.5 Å². The fourth-order valence-electron chi connectivity index (χ4n) is 4.91. The van der Waals surface area contributed by atoms with Gasteiger partial charge >= 0.3 is 0 Å². The third kappa shape index (κ3) is 8.74. The van der Waals surface area contributed by atoms with Gasteiger partial charge in [-0.1, -0.05) is 85.3 Å². The van der Waals surface area contributed by atoms with E-state index in [0.717, 1.165) is 26.6 Å². The summed E-state index contributed by atoms with van der Waals surface area (Å²) in [5.74, 6) is -0.818. The highest BCUT2D eigenvalue weighted by Crippen LogP contribution is 2.27. The molecule has 45 heavy (non-hydrogen) atoms. The molecular formula is C36H40ClN3O4S. The zero-order valence-electron chi connectivity index (χ0n) is 26.1. The van der Waals surface area contributed by atoms with E-state index in [1.165, 1.54) is 17.0 Å². The van der Waals surface area contributed by atoms with Crippen LogP contribution in [0.4, 0.5) is 5.69 Å². The van der Waals surface area contributed by atoms with Crippen molar-refractivity contribution in [1.29, 1.82) is 0 Å². The fraction of sp³-hybridized carbons (Fsp3) is 0.278. The van der Waals surface area contributed by atoms with Gasteiger partial charge in [-0.15, -0.1) is 0 Å². The van der Waals surface area contributed by atoms with Crippen molar-refractivity contribution in [2.75, 3.05) is 10.8 Å². The van der Waals surface area contributed by atoms with Crippen molar-refractivity contribution in [2.45, 2.75) is 64.1 Å². The molecule has 0 aliphatic rings. The molecule has 0 saturated heterocycles. The molecule has 7 nitrogen and oxygen atoms in total. The van der Waals surface area contributed by atoms with E-state index in [1.54, 1.807) is 54.6 Å². The van der Waals surface area contributed by atoms with E-state index < -0.39 is 28.5 Å². The topological polar surface area (TPSA) is 86.8 Å². The van der Waals surface area contributed by atoms with Gasteiger partial charge in [0.05, 0.1) is 10.6 Å². The monoisotopic (exact) mass is 645 g/mol. The Kier molecular flexibility index (Phi) is 11.4. The Morgan fingerprint density at radius 1 is 0.822 bits per heavy atom. The number of nitrogens with one attached hydrogen (secondary N) is 1. The molecule has 0 fully saturated rings.